The second-order valence-electron chi connectivity index (χ2n) is 8.00. The molecule has 7 nitrogen and oxygen atoms in total. The fourth-order valence-corrected chi connectivity index (χ4v) is 3.92. The minimum Gasteiger partial charge on any atom is -0.507 e. The van der Waals surface area contributed by atoms with Gasteiger partial charge in [0.15, 0.2) is 0 Å². The number of rotatable bonds is 7. The molecule has 1 atom stereocenters. The number of amides is 1. The van der Waals surface area contributed by atoms with Crippen molar-refractivity contribution in [3.05, 3.63) is 58.0 Å². The van der Waals surface area contributed by atoms with E-state index in [2.05, 4.69) is 0 Å². The number of likely N-dealkylation sites (tertiary alicyclic amines) is 1. The summed E-state index contributed by atoms with van der Waals surface area (Å²) in [5, 5.41) is 11.3. The smallest absolute Gasteiger partial charge is 0.295 e. The second-order valence-corrected chi connectivity index (χ2v) is 8.00. The molecule has 0 aliphatic carbocycles. The van der Waals surface area contributed by atoms with Gasteiger partial charge in [-0.05, 0) is 55.2 Å². The molecule has 7 heteroatoms. The summed E-state index contributed by atoms with van der Waals surface area (Å²) >= 11 is 0. The number of carbonyl (C=O) groups excluding carboxylic acids is 2. The van der Waals surface area contributed by atoms with Crippen LogP contribution < -0.4 is 4.74 Å². The first-order valence-corrected chi connectivity index (χ1v) is 10.2. The Morgan fingerprint density at radius 3 is 2.45 bits per heavy atom. The lowest BCUT2D eigenvalue weighted by Gasteiger charge is -2.23. The zero-order valence-corrected chi connectivity index (χ0v) is 18.8. The van der Waals surface area contributed by atoms with Gasteiger partial charge in [0.25, 0.3) is 11.7 Å². The van der Waals surface area contributed by atoms with Crippen molar-refractivity contribution in [2.24, 2.45) is 0 Å². The van der Waals surface area contributed by atoms with Gasteiger partial charge in [-0.1, -0.05) is 13.8 Å². The van der Waals surface area contributed by atoms with Gasteiger partial charge in [0.05, 0.1) is 19.3 Å². The van der Waals surface area contributed by atoms with Gasteiger partial charge in [-0.25, -0.2) is 0 Å². The summed E-state index contributed by atoms with van der Waals surface area (Å²) in [4.78, 5) is 27.2. The van der Waals surface area contributed by atoms with Crippen molar-refractivity contribution >= 4 is 17.4 Å². The van der Waals surface area contributed by atoms with E-state index in [0.717, 1.165) is 11.1 Å². The molecule has 1 aliphatic heterocycles. The van der Waals surface area contributed by atoms with E-state index in [-0.39, 0.29) is 30.4 Å². The normalized spacial score (nSPS) is 18.3. The zero-order valence-electron chi connectivity index (χ0n) is 18.8. The van der Waals surface area contributed by atoms with E-state index in [0.29, 0.717) is 22.8 Å². The van der Waals surface area contributed by atoms with Crippen LogP contribution in [0.3, 0.4) is 0 Å². The maximum Gasteiger partial charge on any atom is 0.295 e. The van der Waals surface area contributed by atoms with Gasteiger partial charge >= 0.3 is 0 Å². The highest BCUT2D eigenvalue weighted by Gasteiger charge is 2.47. The molecule has 2 heterocycles. The van der Waals surface area contributed by atoms with Crippen LogP contribution in [0, 0.1) is 13.8 Å². The molecule has 3 rings (SSSR count). The molecule has 1 aliphatic rings. The number of ether oxygens (including phenoxy) is 2. The molecule has 0 radical (unpaired) electrons. The minimum absolute atomic E-state index is 0.0124. The van der Waals surface area contributed by atoms with E-state index < -0.39 is 17.7 Å². The Morgan fingerprint density at radius 2 is 1.90 bits per heavy atom. The summed E-state index contributed by atoms with van der Waals surface area (Å²) in [6.07, 6.45) is 0. The van der Waals surface area contributed by atoms with Crippen LogP contribution in [0.2, 0.25) is 0 Å². The molecule has 0 saturated carbocycles. The van der Waals surface area contributed by atoms with E-state index in [1.807, 2.05) is 32.9 Å². The highest BCUT2D eigenvalue weighted by Crippen LogP contribution is 2.41. The van der Waals surface area contributed by atoms with Crippen molar-refractivity contribution < 1.29 is 28.6 Å². The number of hydrogen-bond donors (Lipinski definition) is 1. The molecule has 1 saturated heterocycles. The van der Waals surface area contributed by atoms with E-state index in [1.54, 1.807) is 26.2 Å². The molecule has 2 aromatic rings. The molecule has 1 aromatic heterocycles. The third-order valence-electron chi connectivity index (χ3n) is 5.56. The molecule has 1 unspecified atom stereocenters. The van der Waals surface area contributed by atoms with Crippen LogP contribution in [0.4, 0.5) is 0 Å². The third-order valence-corrected chi connectivity index (χ3v) is 5.56. The number of hydrogen-bond acceptors (Lipinski definition) is 6. The van der Waals surface area contributed by atoms with E-state index >= 15 is 0 Å². The fraction of sp³-hybridized carbons (Fsp3) is 0.417. The highest BCUT2D eigenvalue weighted by molar-refractivity contribution is 6.46. The number of aryl methyl sites for hydroxylation is 2. The van der Waals surface area contributed by atoms with Crippen molar-refractivity contribution in [1.82, 2.24) is 4.90 Å². The zero-order chi connectivity index (χ0) is 22.9. The van der Waals surface area contributed by atoms with Crippen LogP contribution in [0.1, 0.15) is 54.0 Å². The fourth-order valence-electron chi connectivity index (χ4n) is 3.92. The van der Waals surface area contributed by atoms with Crippen LogP contribution in [-0.4, -0.2) is 49.1 Å². The summed E-state index contributed by atoms with van der Waals surface area (Å²) in [6.45, 7) is 8.10. The number of methoxy groups -OCH3 is 2. The lowest BCUT2D eigenvalue weighted by molar-refractivity contribution is -0.140. The maximum atomic E-state index is 13.0. The quantitative estimate of drug-likeness (QED) is 0.407. The Balaban J connectivity index is 2.22. The molecule has 166 valence electrons. The van der Waals surface area contributed by atoms with Crippen LogP contribution in [0.15, 0.2) is 34.3 Å². The van der Waals surface area contributed by atoms with Crippen LogP contribution in [0.25, 0.3) is 5.76 Å². The first kappa shape index (κ1) is 22.6. The summed E-state index contributed by atoms with van der Waals surface area (Å²) in [7, 11) is 3.12. The number of Topliss-reactive ketones (excluding diaryl/α,β-unsaturated/α-hetero) is 1. The average molecular weight is 427 g/mol. The van der Waals surface area contributed by atoms with Gasteiger partial charge in [-0.3, -0.25) is 9.59 Å². The maximum absolute atomic E-state index is 13.0. The molecule has 1 N–H and O–H groups in total. The van der Waals surface area contributed by atoms with Crippen LogP contribution in [-0.2, 0) is 14.3 Å². The average Bonchev–Trinajstić information content (AvgIpc) is 3.26. The molecule has 0 bridgehead atoms. The van der Waals surface area contributed by atoms with Crippen LogP contribution in [0.5, 0.6) is 5.75 Å². The number of furan rings is 1. The standard InChI is InChI=1S/C24H29NO6/c1-13(2)16-12-17(14(3)11-19(16)30-6)22(26)20-21(18-8-7-15(4)31-18)25(9-10-29-5)24(28)23(20)27/h7-8,11-13,21,26H,9-10H2,1-6H3/b22-20+. The molecular weight excluding hydrogens is 398 g/mol. The number of benzene rings is 1. The monoisotopic (exact) mass is 427 g/mol. The van der Waals surface area contributed by atoms with Gasteiger partial charge in [0.2, 0.25) is 0 Å². The van der Waals surface area contributed by atoms with E-state index in [4.69, 9.17) is 13.9 Å². The van der Waals surface area contributed by atoms with Crippen molar-refractivity contribution in [3.8, 4) is 5.75 Å². The van der Waals surface area contributed by atoms with Crippen molar-refractivity contribution in [3.63, 3.8) is 0 Å². The van der Waals surface area contributed by atoms with Crippen molar-refractivity contribution in [2.45, 2.75) is 39.7 Å². The Kier molecular flexibility index (Phi) is 6.55. The predicted molar refractivity (Wildman–Crippen MR) is 116 cm³/mol. The number of nitrogens with zero attached hydrogens (tertiary/aromatic N) is 1. The second kappa shape index (κ2) is 8.98. The topological polar surface area (TPSA) is 89.2 Å². The third kappa shape index (κ3) is 4.10. The van der Waals surface area contributed by atoms with Gasteiger partial charge in [-0.2, -0.15) is 0 Å². The number of aliphatic hydroxyl groups excluding tert-OH is 1. The number of carbonyl (C=O) groups is 2. The SMILES string of the molecule is COCCN1C(=O)C(=O)/C(=C(/O)c2cc(C(C)C)c(OC)cc2C)C1c1ccc(C)o1. The molecule has 0 spiro atoms. The van der Waals surface area contributed by atoms with Gasteiger partial charge in [0.1, 0.15) is 29.1 Å². The number of ketones is 1. The Hall–Kier alpha value is -3.06. The van der Waals surface area contributed by atoms with E-state index in [1.165, 1.54) is 12.0 Å². The Bertz CT molecular complexity index is 1030. The van der Waals surface area contributed by atoms with Gasteiger partial charge in [0, 0.05) is 19.2 Å². The predicted octanol–water partition coefficient (Wildman–Crippen LogP) is 4.10. The highest BCUT2D eigenvalue weighted by atomic mass is 16.5. The number of aliphatic hydroxyl groups is 1. The Morgan fingerprint density at radius 1 is 1.19 bits per heavy atom. The molecular formula is C24H29NO6. The van der Waals surface area contributed by atoms with Gasteiger partial charge < -0.3 is 23.9 Å². The van der Waals surface area contributed by atoms with E-state index in [9.17, 15) is 14.7 Å². The Labute approximate surface area is 182 Å². The largest absolute Gasteiger partial charge is 0.507 e. The van der Waals surface area contributed by atoms with Crippen molar-refractivity contribution in [2.75, 3.05) is 27.4 Å². The first-order valence-electron chi connectivity index (χ1n) is 10.2. The first-order chi connectivity index (χ1) is 14.7. The molecule has 1 amide bonds. The van der Waals surface area contributed by atoms with Crippen LogP contribution >= 0.6 is 0 Å². The minimum atomic E-state index is -0.826. The lowest BCUT2D eigenvalue weighted by Crippen LogP contribution is -2.32. The molecule has 1 aromatic carbocycles. The summed E-state index contributed by atoms with van der Waals surface area (Å²) in [5.74, 6) is 0.262. The summed E-state index contributed by atoms with van der Waals surface area (Å²) < 4.78 is 16.4. The summed E-state index contributed by atoms with van der Waals surface area (Å²) in [6, 6.07) is 6.31. The van der Waals surface area contributed by atoms with Crippen molar-refractivity contribution in [1.29, 1.82) is 0 Å². The summed E-state index contributed by atoms with van der Waals surface area (Å²) in [5.41, 5.74) is 2.13. The molecule has 1 fully saturated rings. The lowest BCUT2D eigenvalue weighted by atomic mass is 9.92. The molecule has 31 heavy (non-hydrogen) atoms. The van der Waals surface area contributed by atoms with Gasteiger partial charge in [-0.15, -0.1) is 0 Å².